The van der Waals surface area contributed by atoms with Gasteiger partial charge < -0.3 is 10.2 Å². The SMILES string of the molecule is O=C(Cn1nnc2ccccc2c1=O)NCCCC(=O)N1CCc2ccccc2C1. The molecular formula is C22H23N5O3. The molecule has 154 valence electrons. The number of amides is 2. The molecule has 1 aromatic heterocycles. The maximum absolute atomic E-state index is 12.5. The van der Waals surface area contributed by atoms with Crippen LogP contribution in [0.2, 0.25) is 0 Å². The first-order chi connectivity index (χ1) is 14.6. The van der Waals surface area contributed by atoms with Crippen LogP contribution in [0, 0.1) is 0 Å². The lowest BCUT2D eigenvalue weighted by Crippen LogP contribution is -2.37. The van der Waals surface area contributed by atoms with Crippen molar-refractivity contribution in [3.05, 3.63) is 70.0 Å². The van der Waals surface area contributed by atoms with E-state index in [2.05, 4.69) is 27.8 Å². The highest BCUT2D eigenvalue weighted by Gasteiger charge is 2.19. The van der Waals surface area contributed by atoms with Gasteiger partial charge in [-0.3, -0.25) is 14.4 Å². The average molecular weight is 405 g/mol. The molecule has 0 saturated carbocycles. The van der Waals surface area contributed by atoms with Crippen LogP contribution in [0.3, 0.4) is 0 Å². The fourth-order valence-electron chi connectivity index (χ4n) is 3.65. The highest BCUT2D eigenvalue weighted by atomic mass is 16.2. The molecule has 0 atom stereocenters. The highest BCUT2D eigenvalue weighted by Crippen LogP contribution is 2.19. The van der Waals surface area contributed by atoms with Crippen LogP contribution in [0.4, 0.5) is 0 Å². The molecule has 1 N–H and O–H groups in total. The van der Waals surface area contributed by atoms with Gasteiger partial charge in [0.25, 0.3) is 5.56 Å². The molecule has 30 heavy (non-hydrogen) atoms. The van der Waals surface area contributed by atoms with Crippen LogP contribution in [-0.4, -0.2) is 44.8 Å². The summed E-state index contributed by atoms with van der Waals surface area (Å²) in [6.07, 6.45) is 1.79. The molecule has 0 aliphatic carbocycles. The molecule has 0 fully saturated rings. The number of fused-ring (bicyclic) bond motifs is 2. The predicted octanol–water partition coefficient (Wildman–Crippen LogP) is 1.27. The van der Waals surface area contributed by atoms with Crippen molar-refractivity contribution in [2.45, 2.75) is 32.4 Å². The Labute approximate surface area is 173 Å². The average Bonchev–Trinajstić information content (AvgIpc) is 2.78. The lowest BCUT2D eigenvalue weighted by Gasteiger charge is -2.29. The van der Waals surface area contributed by atoms with Crippen molar-refractivity contribution in [1.29, 1.82) is 0 Å². The van der Waals surface area contributed by atoms with Gasteiger partial charge >= 0.3 is 0 Å². The number of aromatic nitrogens is 3. The number of benzene rings is 2. The Hall–Kier alpha value is -3.55. The minimum absolute atomic E-state index is 0.0929. The van der Waals surface area contributed by atoms with Crippen molar-refractivity contribution in [2.75, 3.05) is 13.1 Å². The van der Waals surface area contributed by atoms with Crippen LogP contribution in [0.15, 0.2) is 53.3 Å². The van der Waals surface area contributed by atoms with Gasteiger partial charge in [-0.25, -0.2) is 4.68 Å². The maximum Gasteiger partial charge on any atom is 0.278 e. The van der Waals surface area contributed by atoms with Crippen molar-refractivity contribution in [2.24, 2.45) is 0 Å². The van der Waals surface area contributed by atoms with Crippen molar-refractivity contribution in [1.82, 2.24) is 25.2 Å². The zero-order valence-corrected chi connectivity index (χ0v) is 16.6. The molecule has 0 saturated heterocycles. The smallest absolute Gasteiger partial charge is 0.278 e. The second kappa shape index (κ2) is 8.86. The summed E-state index contributed by atoms with van der Waals surface area (Å²) in [4.78, 5) is 38.9. The molecule has 2 heterocycles. The standard InChI is InChI=1S/C22H23N5O3/c28-20(15-27-22(30)18-8-3-4-9-19(18)24-25-27)23-12-5-10-21(29)26-13-11-16-6-1-2-7-17(16)14-26/h1-4,6-9H,5,10-15H2,(H,23,28). The third-order valence-electron chi connectivity index (χ3n) is 5.30. The normalized spacial score (nSPS) is 13.1. The van der Waals surface area contributed by atoms with E-state index in [1.54, 1.807) is 24.3 Å². The number of hydrogen-bond donors (Lipinski definition) is 1. The summed E-state index contributed by atoms with van der Waals surface area (Å²) >= 11 is 0. The summed E-state index contributed by atoms with van der Waals surface area (Å²) in [5.74, 6) is -0.239. The van der Waals surface area contributed by atoms with E-state index in [0.29, 0.717) is 36.8 Å². The Balaban J connectivity index is 1.23. The van der Waals surface area contributed by atoms with Gasteiger partial charge in [-0.15, -0.1) is 5.10 Å². The Bertz CT molecular complexity index is 1140. The van der Waals surface area contributed by atoms with E-state index in [-0.39, 0.29) is 23.9 Å². The third kappa shape index (κ3) is 4.37. The molecule has 8 nitrogen and oxygen atoms in total. The number of hydrogen-bond acceptors (Lipinski definition) is 5. The lowest BCUT2D eigenvalue weighted by molar-refractivity contribution is -0.132. The number of nitrogens with one attached hydrogen (secondary N) is 1. The van der Waals surface area contributed by atoms with Crippen molar-refractivity contribution < 1.29 is 9.59 Å². The van der Waals surface area contributed by atoms with Gasteiger partial charge in [-0.05, 0) is 36.1 Å². The van der Waals surface area contributed by atoms with Gasteiger partial charge in [0.2, 0.25) is 11.8 Å². The summed E-state index contributed by atoms with van der Waals surface area (Å²) in [7, 11) is 0. The Morgan fingerprint density at radius 2 is 1.80 bits per heavy atom. The Kier molecular flexibility index (Phi) is 5.83. The molecule has 1 aliphatic rings. The lowest BCUT2D eigenvalue weighted by atomic mass is 9.99. The minimum Gasteiger partial charge on any atom is -0.354 e. The Morgan fingerprint density at radius 1 is 1.03 bits per heavy atom. The molecule has 2 aromatic carbocycles. The first-order valence-corrected chi connectivity index (χ1v) is 10.1. The number of carbonyl (C=O) groups is 2. The molecule has 3 aromatic rings. The van der Waals surface area contributed by atoms with E-state index in [1.165, 1.54) is 11.1 Å². The summed E-state index contributed by atoms with van der Waals surface area (Å²) in [5.41, 5.74) is 2.66. The van der Waals surface area contributed by atoms with Crippen molar-refractivity contribution in [3.8, 4) is 0 Å². The first-order valence-electron chi connectivity index (χ1n) is 10.1. The third-order valence-corrected chi connectivity index (χ3v) is 5.30. The number of carbonyl (C=O) groups excluding carboxylic acids is 2. The molecule has 8 heteroatoms. The summed E-state index contributed by atoms with van der Waals surface area (Å²) in [5, 5.41) is 10.9. The van der Waals surface area contributed by atoms with E-state index in [9.17, 15) is 14.4 Å². The van der Waals surface area contributed by atoms with Crippen molar-refractivity contribution in [3.63, 3.8) is 0 Å². The Morgan fingerprint density at radius 3 is 2.67 bits per heavy atom. The van der Waals surface area contributed by atoms with E-state index >= 15 is 0 Å². The molecular weight excluding hydrogens is 382 g/mol. The topological polar surface area (TPSA) is 97.2 Å². The summed E-state index contributed by atoms with van der Waals surface area (Å²) < 4.78 is 1.05. The first kappa shape index (κ1) is 19.8. The zero-order chi connectivity index (χ0) is 20.9. The fraction of sp³-hybridized carbons (Fsp3) is 0.318. The molecule has 4 rings (SSSR count). The van der Waals surface area contributed by atoms with Gasteiger partial charge in [0.05, 0.1) is 5.39 Å². The van der Waals surface area contributed by atoms with Crippen LogP contribution in [0.25, 0.3) is 10.9 Å². The van der Waals surface area contributed by atoms with Crippen LogP contribution in [0.1, 0.15) is 24.0 Å². The molecule has 1 aliphatic heterocycles. The van der Waals surface area contributed by atoms with Crippen LogP contribution in [0.5, 0.6) is 0 Å². The molecule has 2 amide bonds. The minimum atomic E-state index is -0.351. The largest absolute Gasteiger partial charge is 0.354 e. The number of nitrogens with zero attached hydrogens (tertiary/aromatic N) is 4. The molecule has 0 radical (unpaired) electrons. The van der Waals surface area contributed by atoms with E-state index in [4.69, 9.17) is 0 Å². The van der Waals surface area contributed by atoms with Crippen LogP contribution >= 0.6 is 0 Å². The zero-order valence-electron chi connectivity index (χ0n) is 16.6. The second-order valence-electron chi connectivity index (χ2n) is 7.36. The fourth-order valence-corrected chi connectivity index (χ4v) is 3.65. The summed E-state index contributed by atoms with van der Waals surface area (Å²) in [6, 6.07) is 15.1. The quantitative estimate of drug-likeness (QED) is 0.623. The summed E-state index contributed by atoms with van der Waals surface area (Å²) in [6.45, 7) is 1.54. The maximum atomic E-state index is 12.5. The van der Waals surface area contributed by atoms with Gasteiger partial charge in [0.15, 0.2) is 0 Å². The predicted molar refractivity (Wildman–Crippen MR) is 112 cm³/mol. The van der Waals surface area contributed by atoms with Gasteiger partial charge in [-0.1, -0.05) is 41.6 Å². The molecule has 0 bridgehead atoms. The van der Waals surface area contributed by atoms with Gasteiger partial charge in [-0.2, -0.15) is 0 Å². The monoisotopic (exact) mass is 405 g/mol. The van der Waals surface area contributed by atoms with Crippen LogP contribution in [-0.2, 0) is 29.1 Å². The molecule has 0 unspecified atom stereocenters. The molecule has 0 spiro atoms. The van der Waals surface area contributed by atoms with E-state index in [0.717, 1.165) is 17.6 Å². The van der Waals surface area contributed by atoms with Gasteiger partial charge in [0.1, 0.15) is 12.1 Å². The second-order valence-corrected chi connectivity index (χ2v) is 7.36. The number of rotatable bonds is 6. The highest BCUT2D eigenvalue weighted by molar-refractivity contribution is 5.78. The van der Waals surface area contributed by atoms with Gasteiger partial charge in [0, 0.05) is 26.1 Å². The van der Waals surface area contributed by atoms with E-state index < -0.39 is 0 Å². The van der Waals surface area contributed by atoms with Crippen LogP contribution < -0.4 is 10.9 Å². The van der Waals surface area contributed by atoms with E-state index in [1.807, 2.05) is 17.0 Å². The van der Waals surface area contributed by atoms with Crippen molar-refractivity contribution >= 4 is 22.7 Å².